The molecule has 2 atom stereocenters. The second kappa shape index (κ2) is 11.1. The predicted molar refractivity (Wildman–Crippen MR) is 131 cm³/mol. The molecular weight excluding hydrogens is 446 g/mol. The Labute approximate surface area is 205 Å². The van der Waals surface area contributed by atoms with E-state index in [2.05, 4.69) is 0 Å². The van der Waals surface area contributed by atoms with E-state index < -0.39 is 36.3 Å². The second-order valence-electron chi connectivity index (χ2n) is 8.84. The van der Waals surface area contributed by atoms with Crippen LogP contribution in [-0.2, 0) is 25.6 Å². The van der Waals surface area contributed by atoms with Crippen LogP contribution in [0.3, 0.4) is 0 Å². The van der Waals surface area contributed by atoms with E-state index in [0.717, 1.165) is 10.6 Å². The van der Waals surface area contributed by atoms with Gasteiger partial charge in [0.25, 0.3) is 5.91 Å². The Morgan fingerprint density at radius 2 is 1.54 bits per heavy atom. The van der Waals surface area contributed by atoms with Crippen molar-refractivity contribution >= 4 is 29.2 Å². The summed E-state index contributed by atoms with van der Waals surface area (Å²) >= 11 is 0. The van der Waals surface area contributed by atoms with E-state index in [-0.39, 0.29) is 18.2 Å². The van der Waals surface area contributed by atoms with Gasteiger partial charge in [-0.25, -0.2) is 10.0 Å². The largest absolute Gasteiger partial charge is 0.388 e. The van der Waals surface area contributed by atoms with Gasteiger partial charge in [0.15, 0.2) is 5.78 Å². The Morgan fingerprint density at radius 3 is 2.03 bits per heavy atom. The van der Waals surface area contributed by atoms with E-state index in [1.807, 2.05) is 50.2 Å². The van der Waals surface area contributed by atoms with Crippen molar-refractivity contribution in [2.45, 2.75) is 46.2 Å². The molecule has 2 aromatic carbocycles. The SMILES string of the molecule is CC(=O)N1C=C(c2ccccc2)N(N(C(C)=O)[C@@H](Cc2ccccc2)C(=O)CO)C(=O)[C@H]1C(C)C. The molecule has 184 valence electrons. The monoisotopic (exact) mass is 477 g/mol. The molecule has 35 heavy (non-hydrogen) atoms. The molecule has 0 saturated carbocycles. The summed E-state index contributed by atoms with van der Waals surface area (Å²) in [5.41, 5.74) is 1.66. The number of carbonyl (C=O) groups excluding carboxylic acids is 4. The first-order valence-electron chi connectivity index (χ1n) is 11.5. The maximum Gasteiger partial charge on any atom is 0.269 e. The van der Waals surface area contributed by atoms with Crippen molar-refractivity contribution in [2.24, 2.45) is 5.92 Å². The summed E-state index contributed by atoms with van der Waals surface area (Å²) in [6.07, 6.45) is 1.66. The van der Waals surface area contributed by atoms with Crippen molar-refractivity contribution in [1.82, 2.24) is 14.9 Å². The molecule has 0 unspecified atom stereocenters. The molecule has 0 radical (unpaired) electrons. The van der Waals surface area contributed by atoms with E-state index in [9.17, 15) is 24.3 Å². The van der Waals surface area contributed by atoms with E-state index in [1.165, 1.54) is 23.8 Å². The molecule has 2 aromatic rings. The Hall–Kier alpha value is -3.78. The number of ketones is 1. The van der Waals surface area contributed by atoms with Gasteiger partial charge >= 0.3 is 0 Å². The quantitative estimate of drug-likeness (QED) is 0.630. The van der Waals surface area contributed by atoms with Crippen molar-refractivity contribution in [3.05, 3.63) is 78.0 Å². The van der Waals surface area contributed by atoms with Gasteiger partial charge in [-0.15, -0.1) is 0 Å². The molecule has 3 rings (SSSR count). The number of Topliss-reactive ketones (excluding diaryl/α,β-unsaturated/α-hetero) is 1. The first-order chi connectivity index (χ1) is 16.7. The molecule has 0 fully saturated rings. The highest BCUT2D eigenvalue weighted by Gasteiger charge is 2.45. The van der Waals surface area contributed by atoms with Crippen molar-refractivity contribution < 1.29 is 24.3 Å². The Morgan fingerprint density at radius 1 is 0.971 bits per heavy atom. The van der Waals surface area contributed by atoms with Gasteiger partial charge < -0.3 is 10.0 Å². The number of rotatable bonds is 8. The molecule has 1 aliphatic rings. The van der Waals surface area contributed by atoms with Gasteiger partial charge in [-0.05, 0) is 11.5 Å². The summed E-state index contributed by atoms with van der Waals surface area (Å²) in [6, 6.07) is 16.0. The third kappa shape index (κ3) is 5.49. The van der Waals surface area contributed by atoms with Gasteiger partial charge in [0.2, 0.25) is 11.8 Å². The van der Waals surface area contributed by atoms with Gasteiger partial charge in [-0.3, -0.25) is 19.2 Å². The Kier molecular flexibility index (Phi) is 8.19. The third-order valence-corrected chi connectivity index (χ3v) is 5.95. The average molecular weight is 478 g/mol. The number of hydrogen-bond donors (Lipinski definition) is 1. The molecule has 0 bridgehead atoms. The van der Waals surface area contributed by atoms with Gasteiger partial charge in [0.1, 0.15) is 18.7 Å². The van der Waals surface area contributed by atoms with Crippen LogP contribution in [0.5, 0.6) is 0 Å². The van der Waals surface area contributed by atoms with Crippen molar-refractivity contribution in [1.29, 1.82) is 0 Å². The number of carbonyl (C=O) groups is 4. The van der Waals surface area contributed by atoms with Crippen molar-refractivity contribution in [2.75, 3.05) is 6.61 Å². The van der Waals surface area contributed by atoms with Gasteiger partial charge in [-0.2, -0.15) is 0 Å². The van der Waals surface area contributed by atoms with E-state index >= 15 is 0 Å². The fourth-order valence-electron chi connectivity index (χ4n) is 4.33. The summed E-state index contributed by atoms with van der Waals surface area (Å²) in [6.45, 7) is 5.50. The van der Waals surface area contributed by atoms with Crippen molar-refractivity contribution in [3.63, 3.8) is 0 Å². The zero-order chi connectivity index (χ0) is 25.7. The smallest absolute Gasteiger partial charge is 0.269 e. The number of aliphatic hydroxyl groups is 1. The van der Waals surface area contributed by atoms with Gasteiger partial charge in [0.05, 0.1) is 5.70 Å². The molecule has 1 heterocycles. The van der Waals surface area contributed by atoms with Crippen LogP contribution in [0.25, 0.3) is 5.70 Å². The van der Waals surface area contributed by atoms with E-state index in [1.54, 1.807) is 30.5 Å². The highest BCUT2D eigenvalue weighted by molar-refractivity contribution is 5.99. The van der Waals surface area contributed by atoms with Crippen LogP contribution in [0.15, 0.2) is 66.9 Å². The summed E-state index contributed by atoms with van der Waals surface area (Å²) in [5.74, 6) is -2.22. The fraction of sp³-hybridized carbons (Fsp3) is 0.333. The predicted octanol–water partition coefficient (Wildman–Crippen LogP) is 2.64. The highest BCUT2D eigenvalue weighted by atomic mass is 16.3. The van der Waals surface area contributed by atoms with Crippen LogP contribution in [-0.4, -0.2) is 62.2 Å². The number of hydrogen-bond acceptors (Lipinski definition) is 5. The number of hydrazine groups is 1. The van der Waals surface area contributed by atoms with Gasteiger partial charge in [0, 0.05) is 32.0 Å². The number of aliphatic hydroxyl groups excluding tert-OH is 1. The number of amides is 3. The third-order valence-electron chi connectivity index (χ3n) is 5.95. The number of nitrogens with zero attached hydrogens (tertiary/aromatic N) is 3. The lowest BCUT2D eigenvalue weighted by atomic mass is 9.97. The van der Waals surface area contributed by atoms with Crippen molar-refractivity contribution in [3.8, 4) is 0 Å². The zero-order valence-electron chi connectivity index (χ0n) is 20.4. The van der Waals surface area contributed by atoms with Crippen LogP contribution in [0.4, 0.5) is 0 Å². The minimum atomic E-state index is -1.13. The standard InChI is InChI=1S/C27H31N3O5/c1-18(2)26-27(35)30(24(16-28(26)19(3)32)22-13-9-6-10-14-22)29(20(4)33)23(25(34)17-31)15-21-11-7-5-8-12-21/h5-14,16,18,23,26,31H,15,17H2,1-4H3/t23-,26+/m0/s1. The van der Waals surface area contributed by atoms with Crippen LogP contribution in [0.1, 0.15) is 38.8 Å². The molecule has 8 nitrogen and oxygen atoms in total. The fourth-order valence-corrected chi connectivity index (χ4v) is 4.33. The molecule has 0 saturated heterocycles. The normalized spacial score (nSPS) is 16.7. The molecule has 0 aromatic heterocycles. The van der Waals surface area contributed by atoms with Crippen LogP contribution >= 0.6 is 0 Å². The molecule has 8 heteroatoms. The lowest BCUT2D eigenvalue weighted by Gasteiger charge is -2.46. The topological polar surface area (TPSA) is 98.2 Å². The Bertz CT molecular complexity index is 1110. The number of benzene rings is 2. The molecule has 0 aliphatic carbocycles. The molecular formula is C27H31N3O5. The van der Waals surface area contributed by atoms with Crippen LogP contribution in [0, 0.1) is 5.92 Å². The molecule has 0 spiro atoms. The lowest BCUT2D eigenvalue weighted by molar-refractivity contribution is -0.169. The summed E-state index contributed by atoms with van der Waals surface area (Å²) in [4.78, 5) is 54.0. The summed E-state index contributed by atoms with van der Waals surface area (Å²) < 4.78 is 0. The van der Waals surface area contributed by atoms with Gasteiger partial charge in [-0.1, -0.05) is 74.5 Å². The minimum Gasteiger partial charge on any atom is -0.388 e. The molecule has 3 amide bonds. The minimum absolute atomic E-state index is 0.106. The average Bonchev–Trinajstić information content (AvgIpc) is 2.84. The lowest BCUT2D eigenvalue weighted by Crippen LogP contribution is -2.63. The summed E-state index contributed by atoms with van der Waals surface area (Å²) in [7, 11) is 0. The molecule has 1 aliphatic heterocycles. The van der Waals surface area contributed by atoms with E-state index in [4.69, 9.17) is 0 Å². The first-order valence-corrected chi connectivity index (χ1v) is 11.5. The molecule has 1 N–H and O–H groups in total. The van der Waals surface area contributed by atoms with Crippen LogP contribution in [0.2, 0.25) is 0 Å². The van der Waals surface area contributed by atoms with E-state index in [0.29, 0.717) is 11.3 Å². The second-order valence-corrected chi connectivity index (χ2v) is 8.84. The Balaban J connectivity index is 2.23. The first kappa shape index (κ1) is 25.8. The maximum absolute atomic E-state index is 14.0. The maximum atomic E-state index is 14.0. The zero-order valence-corrected chi connectivity index (χ0v) is 20.4. The highest BCUT2D eigenvalue weighted by Crippen LogP contribution is 2.33. The van der Waals surface area contributed by atoms with Crippen LogP contribution < -0.4 is 0 Å². The summed E-state index contributed by atoms with van der Waals surface area (Å²) in [5, 5.41) is 12.1.